The Balaban J connectivity index is 0.964. The van der Waals surface area contributed by atoms with Gasteiger partial charge in [-0.25, -0.2) is 0 Å². The number of para-hydroxylation sites is 3. The van der Waals surface area contributed by atoms with Crippen LogP contribution in [0.4, 0.5) is 17.1 Å². The van der Waals surface area contributed by atoms with E-state index in [1.165, 1.54) is 91.5 Å². The number of hydrogen-bond donors (Lipinski definition) is 0. The van der Waals surface area contributed by atoms with Crippen molar-refractivity contribution in [3.63, 3.8) is 0 Å². The summed E-state index contributed by atoms with van der Waals surface area (Å²) in [5.74, 6) is 0. The summed E-state index contributed by atoms with van der Waals surface area (Å²) < 4.78 is 5.03. The second-order valence-electron chi connectivity index (χ2n) is 15.3. The van der Waals surface area contributed by atoms with Crippen molar-refractivity contribution in [1.29, 1.82) is 0 Å². The first-order chi connectivity index (χ1) is 29.2. The molecule has 0 saturated heterocycles. The van der Waals surface area contributed by atoms with Crippen LogP contribution in [0.5, 0.6) is 0 Å². The molecule has 0 aliphatic carbocycles. The highest BCUT2D eigenvalue weighted by molar-refractivity contribution is 7.25. The van der Waals surface area contributed by atoms with Crippen LogP contribution in [0.3, 0.4) is 0 Å². The minimum absolute atomic E-state index is 1.11. The molecule has 276 valence electrons. The number of rotatable bonds is 6. The highest BCUT2D eigenvalue weighted by Crippen LogP contribution is 2.43. The van der Waals surface area contributed by atoms with Crippen LogP contribution in [-0.2, 0) is 0 Å². The Morgan fingerprint density at radius 2 is 0.915 bits per heavy atom. The standard InChI is InChI=1S/C56H36N2S/c1-2-15-45-38(12-1)24-25-41-35-43(30-32-46(41)45)57(44-31-33-56-51(36-44)50-19-6-10-23-55(50)59-56)42-28-26-37(27-29-42)39-13-11-14-40(34-39)47-16-3-7-20-52(47)58-53-21-8-4-17-48(53)49-18-5-9-22-54(49)58/h1-36H. The molecule has 0 unspecified atom stereocenters. The number of fused-ring (bicyclic) bond motifs is 9. The molecule has 0 saturated carbocycles. The SMILES string of the molecule is c1cc(-c2ccc(N(c3ccc4c(ccc5ccccc54)c3)c3ccc4sc5ccccc5c4c3)cc2)cc(-c2ccccc2-n2c3ccccc3c3ccccc32)c1. The van der Waals surface area contributed by atoms with Crippen molar-refractivity contribution in [1.82, 2.24) is 4.57 Å². The third-order valence-electron chi connectivity index (χ3n) is 12.0. The zero-order chi connectivity index (χ0) is 38.9. The zero-order valence-corrected chi connectivity index (χ0v) is 32.9. The lowest BCUT2D eigenvalue weighted by molar-refractivity contribution is 1.18. The van der Waals surface area contributed by atoms with E-state index in [2.05, 4.69) is 228 Å². The van der Waals surface area contributed by atoms with E-state index in [-0.39, 0.29) is 0 Å². The summed E-state index contributed by atoms with van der Waals surface area (Å²) in [6.45, 7) is 0. The van der Waals surface area contributed by atoms with Crippen molar-refractivity contribution in [2.75, 3.05) is 4.90 Å². The molecule has 0 aliphatic rings. The van der Waals surface area contributed by atoms with Crippen LogP contribution in [-0.4, -0.2) is 4.57 Å². The van der Waals surface area contributed by atoms with Crippen LogP contribution in [0.15, 0.2) is 218 Å². The van der Waals surface area contributed by atoms with E-state index in [4.69, 9.17) is 0 Å². The van der Waals surface area contributed by atoms with E-state index >= 15 is 0 Å². The van der Waals surface area contributed by atoms with Crippen LogP contribution < -0.4 is 4.90 Å². The van der Waals surface area contributed by atoms with Crippen LogP contribution >= 0.6 is 11.3 Å². The summed E-state index contributed by atoms with van der Waals surface area (Å²) in [5.41, 5.74) is 11.7. The fourth-order valence-corrected chi connectivity index (χ4v) is 10.3. The first kappa shape index (κ1) is 33.7. The zero-order valence-electron chi connectivity index (χ0n) is 32.1. The molecule has 0 atom stereocenters. The van der Waals surface area contributed by atoms with Crippen molar-refractivity contribution >= 4 is 91.9 Å². The second-order valence-corrected chi connectivity index (χ2v) is 16.4. The minimum Gasteiger partial charge on any atom is -0.310 e. The first-order valence-corrected chi connectivity index (χ1v) is 21.0. The fourth-order valence-electron chi connectivity index (χ4n) is 9.20. The molecule has 0 N–H and O–H groups in total. The molecular weight excluding hydrogens is 733 g/mol. The fraction of sp³-hybridized carbons (Fsp3) is 0. The van der Waals surface area contributed by atoms with Gasteiger partial charge in [-0.2, -0.15) is 0 Å². The summed E-state index contributed by atoms with van der Waals surface area (Å²) in [6.07, 6.45) is 0. The number of thiophene rings is 1. The summed E-state index contributed by atoms with van der Waals surface area (Å²) in [6, 6.07) is 80.0. The quantitative estimate of drug-likeness (QED) is 0.153. The molecule has 0 radical (unpaired) electrons. The molecular formula is C56H36N2S. The smallest absolute Gasteiger partial charge is 0.0541 e. The highest BCUT2D eigenvalue weighted by atomic mass is 32.1. The van der Waals surface area contributed by atoms with Crippen molar-refractivity contribution in [2.24, 2.45) is 0 Å². The topological polar surface area (TPSA) is 8.17 Å². The van der Waals surface area contributed by atoms with Gasteiger partial charge in [0, 0.05) is 53.6 Å². The molecule has 12 aromatic rings. The molecule has 10 aromatic carbocycles. The lowest BCUT2D eigenvalue weighted by atomic mass is 9.97. The van der Waals surface area contributed by atoms with Gasteiger partial charge in [-0.1, -0.05) is 146 Å². The van der Waals surface area contributed by atoms with E-state index in [9.17, 15) is 0 Å². The lowest BCUT2D eigenvalue weighted by Gasteiger charge is -2.26. The van der Waals surface area contributed by atoms with Crippen molar-refractivity contribution in [2.45, 2.75) is 0 Å². The Bertz CT molecular complexity index is 3520. The van der Waals surface area contributed by atoms with Gasteiger partial charge >= 0.3 is 0 Å². The van der Waals surface area contributed by atoms with Crippen LogP contribution in [0.1, 0.15) is 0 Å². The van der Waals surface area contributed by atoms with E-state index in [0.29, 0.717) is 0 Å². The van der Waals surface area contributed by atoms with E-state index < -0.39 is 0 Å². The van der Waals surface area contributed by atoms with E-state index in [1.807, 2.05) is 11.3 Å². The lowest BCUT2D eigenvalue weighted by Crippen LogP contribution is -2.09. The molecule has 0 bridgehead atoms. The number of hydrogen-bond acceptors (Lipinski definition) is 2. The first-order valence-electron chi connectivity index (χ1n) is 20.2. The Hall–Kier alpha value is -7.46. The molecule has 0 aliphatic heterocycles. The number of nitrogens with zero attached hydrogens (tertiary/aromatic N) is 2. The molecule has 0 fully saturated rings. The van der Waals surface area contributed by atoms with Crippen molar-refractivity contribution in [3.8, 4) is 27.9 Å². The average Bonchev–Trinajstić information content (AvgIpc) is 3.85. The maximum Gasteiger partial charge on any atom is 0.0541 e. The van der Waals surface area contributed by atoms with Crippen LogP contribution in [0, 0.1) is 0 Å². The highest BCUT2D eigenvalue weighted by Gasteiger charge is 2.18. The normalized spacial score (nSPS) is 11.7. The third kappa shape index (κ3) is 5.55. The van der Waals surface area contributed by atoms with Gasteiger partial charge in [-0.05, 0) is 111 Å². The Labute approximate surface area is 346 Å². The molecule has 12 rings (SSSR count). The average molecular weight is 769 g/mol. The largest absolute Gasteiger partial charge is 0.310 e. The second kappa shape index (κ2) is 13.6. The molecule has 0 amide bonds. The number of anilines is 3. The molecule has 2 heterocycles. The summed E-state index contributed by atoms with van der Waals surface area (Å²) >= 11 is 1.86. The van der Waals surface area contributed by atoms with Crippen molar-refractivity contribution < 1.29 is 0 Å². The maximum atomic E-state index is 2.42. The predicted molar refractivity (Wildman–Crippen MR) is 254 cm³/mol. The Morgan fingerprint density at radius 3 is 1.75 bits per heavy atom. The van der Waals surface area contributed by atoms with Gasteiger partial charge in [-0.15, -0.1) is 11.3 Å². The predicted octanol–water partition coefficient (Wildman–Crippen LogP) is 16.3. The summed E-state index contributed by atoms with van der Waals surface area (Å²) in [4.78, 5) is 2.41. The molecule has 3 heteroatoms. The molecule has 2 aromatic heterocycles. The number of benzene rings is 10. The van der Waals surface area contributed by atoms with Gasteiger partial charge in [0.1, 0.15) is 0 Å². The third-order valence-corrected chi connectivity index (χ3v) is 13.1. The van der Waals surface area contributed by atoms with E-state index in [0.717, 1.165) is 17.1 Å². The van der Waals surface area contributed by atoms with Gasteiger partial charge in [0.05, 0.1) is 16.7 Å². The summed E-state index contributed by atoms with van der Waals surface area (Å²) in [5, 5.41) is 10.1. The minimum atomic E-state index is 1.11. The molecule has 59 heavy (non-hydrogen) atoms. The summed E-state index contributed by atoms with van der Waals surface area (Å²) in [7, 11) is 0. The van der Waals surface area contributed by atoms with Crippen LogP contribution in [0.25, 0.3) is 91.5 Å². The Morgan fingerprint density at radius 1 is 0.322 bits per heavy atom. The van der Waals surface area contributed by atoms with E-state index in [1.54, 1.807) is 0 Å². The van der Waals surface area contributed by atoms with Crippen LogP contribution in [0.2, 0.25) is 0 Å². The van der Waals surface area contributed by atoms with Gasteiger partial charge in [0.2, 0.25) is 0 Å². The molecule has 0 spiro atoms. The van der Waals surface area contributed by atoms with Crippen molar-refractivity contribution in [3.05, 3.63) is 218 Å². The molecule has 2 nitrogen and oxygen atoms in total. The van der Waals surface area contributed by atoms with Gasteiger partial charge < -0.3 is 9.47 Å². The Kier molecular flexibility index (Phi) is 7.75. The van der Waals surface area contributed by atoms with Gasteiger partial charge in [-0.3, -0.25) is 0 Å². The maximum absolute atomic E-state index is 2.42. The van der Waals surface area contributed by atoms with Gasteiger partial charge in [0.15, 0.2) is 0 Å². The van der Waals surface area contributed by atoms with Gasteiger partial charge in [0.25, 0.3) is 0 Å². The number of aromatic nitrogens is 1. The monoisotopic (exact) mass is 768 g/mol.